The lowest BCUT2D eigenvalue weighted by Gasteiger charge is -2.18. The van der Waals surface area contributed by atoms with Crippen molar-refractivity contribution in [3.8, 4) is 11.5 Å². The van der Waals surface area contributed by atoms with Crippen LogP contribution in [0, 0.1) is 6.92 Å². The van der Waals surface area contributed by atoms with E-state index in [0.29, 0.717) is 36.1 Å². The predicted octanol–water partition coefficient (Wildman–Crippen LogP) is 3.65. The van der Waals surface area contributed by atoms with Gasteiger partial charge in [-0.3, -0.25) is 4.79 Å². The molecule has 0 saturated heterocycles. The minimum atomic E-state index is -3.43. The number of ether oxygens (including phenoxy) is 2. The lowest BCUT2D eigenvalue weighted by molar-refractivity contribution is -0.118. The van der Waals surface area contributed by atoms with E-state index in [9.17, 15) is 13.2 Å². The summed E-state index contributed by atoms with van der Waals surface area (Å²) in [7, 11) is -3.43. The number of carbonyl (C=O) groups is 1. The molecule has 0 bridgehead atoms. The summed E-state index contributed by atoms with van der Waals surface area (Å²) in [6, 6.07) is 10.5. The number of hydrogen-bond donors (Lipinski definition) is 0. The Morgan fingerprint density at radius 2 is 1.88 bits per heavy atom. The number of allylic oxidation sites excluding steroid dienone is 1. The van der Waals surface area contributed by atoms with Gasteiger partial charge < -0.3 is 14.0 Å². The third-order valence-corrected chi connectivity index (χ3v) is 7.92. The van der Waals surface area contributed by atoms with Crippen molar-refractivity contribution in [2.45, 2.75) is 31.2 Å². The van der Waals surface area contributed by atoms with Gasteiger partial charge in [0, 0.05) is 25.1 Å². The molecule has 0 spiro atoms. The van der Waals surface area contributed by atoms with Crippen LogP contribution in [0.25, 0.3) is 10.2 Å². The quantitative estimate of drug-likeness (QED) is 0.490. The molecule has 32 heavy (non-hydrogen) atoms. The Kier molecular flexibility index (Phi) is 6.48. The number of sulfone groups is 1. The maximum absolute atomic E-state index is 12.5. The summed E-state index contributed by atoms with van der Waals surface area (Å²) in [4.78, 5) is 17.6. The molecule has 1 aliphatic rings. The summed E-state index contributed by atoms with van der Waals surface area (Å²) in [6.07, 6.45) is 2.00. The minimum Gasteiger partial charge on any atom is -0.486 e. The van der Waals surface area contributed by atoms with Crippen molar-refractivity contribution < 1.29 is 22.7 Å². The highest BCUT2D eigenvalue weighted by Gasteiger charge is 2.17. The van der Waals surface area contributed by atoms with Crippen molar-refractivity contribution in [1.29, 1.82) is 0 Å². The third-order valence-electron chi connectivity index (χ3n) is 5.06. The van der Waals surface area contributed by atoms with Crippen LogP contribution in [-0.4, -0.2) is 37.9 Å². The monoisotopic (exact) mass is 472 g/mol. The minimum absolute atomic E-state index is 0.0517. The number of aryl methyl sites for hydroxylation is 1. The van der Waals surface area contributed by atoms with Gasteiger partial charge in [-0.1, -0.05) is 35.1 Å². The van der Waals surface area contributed by atoms with E-state index in [-0.39, 0.29) is 29.4 Å². The Balaban J connectivity index is 1.53. The first-order chi connectivity index (χ1) is 15.4. The van der Waals surface area contributed by atoms with Crippen LogP contribution in [0.15, 0.2) is 58.9 Å². The fourth-order valence-electron chi connectivity index (χ4n) is 3.44. The van der Waals surface area contributed by atoms with E-state index in [1.54, 1.807) is 30.3 Å². The van der Waals surface area contributed by atoms with Gasteiger partial charge in [-0.05, 0) is 25.5 Å². The van der Waals surface area contributed by atoms with Crippen molar-refractivity contribution in [1.82, 2.24) is 4.57 Å². The third kappa shape index (κ3) is 4.78. The first-order valence-electron chi connectivity index (χ1n) is 10.3. The van der Waals surface area contributed by atoms with E-state index in [0.717, 1.165) is 15.8 Å². The number of benzene rings is 2. The van der Waals surface area contributed by atoms with Crippen LogP contribution in [0.5, 0.6) is 11.5 Å². The number of rotatable bonds is 7. The molecule has 0 saturated carbocycles. The van der Waals surface area contributed by atoms with Crippen LogP contribution < -0.4 is 14.3 Å². The van der Waals surface area contributed by atoms with E-state index < -0.39 is 9.84 Å². The van der Waals surface area contributed by atoms with Crippen LogP contribution in [0.4, 0.5) is 0 Å². The molecule has 0 atom stereocenters. The van der Waals surface area contributed by atoms with Gasteiger partial charge in [0.1, 0.15) is 13.2 Å². The molecule has 168 valence electrons. The smallest absolute Gasteiger partial charge is 0.248 e. The Bertz CT molecular complexity index is 1340. The molecule has 0 N–H and O–H groups in total. The van der Waals surface area contributed by atoms with Gasteiger partial charge in [0.2, 0.25) is 5.91 Å². The van der Waals surface area contributed by atoms with Crippen LogP contribution in [0.1, 0.15) is 18.4 Å². The standard InChI is InChI=1S/C23H24N2O5S2/c1-3-10-25-18-14-19-20(30-12-11-29-19)15-21(18)31-23(25)24-22(26)5-4-13-32(27,28)17-8-6-16(2)7-9-17/h3,6-9,14-15H,1,4-5,10-13H2,2H3. The fourth-order valence-corrected chi connectivity index (χ4v) is 5.81. The van der Waals surface area contributed by atoms with E-state index in [1.807, 2.05) is 23.6 Å². The highest BCUT2D eigenvalue weighted by molar-refractivity contribution is 7.91. The predicted molar refractivity (Wildman–Crippen MR) is 124 cm³/mol. The maximum Gasteiger partial charge on any atom is 0.248 e. The number of carbonyl (C=O) groups excluding carboxylic acids is 1. The average molecular weight is 473 g/mol. The highest BCUT2D eigenvalue weighted by Crippen LogP contribution is 2.35. The van der Waals surface area contributed by atoms with E-state index in [4.69, 9.17) is 9.47 Å². The Labute approximate surface area is 190 Å². The van der Waals surface area contributed by atoms with Crippen LogP contribution in [-0.2, 0) is 21.2 Å². The lowest BCUT2D eigenvalue weighted by Crippen LogP contribution is -2.17. The van der Waals surface area contributed by atoms with Gasteiger partial charge in [-0.2, -0.15) is 4.99 Å². The summed E-state index contributed by atoms with van der Waals surface area (Å²) in [5, 5.41) is 0. The molecule has 2 aromatic carbocycles. The summed E-state index contributed by atoms with van der Waals surface area (Å²) in [5.41, 5.74) is 1.88. The molecule has 0 unspecified atom stereocenters. The molecule has 2 heterocycles. The maximum atomic E-state index is 12.5. The van der Waals surface area contributed by atoms with Crippen molar-refractivity contribution in [2.75, 3.05) is 19.0 Å². The first-order valence-corrected chi connectivity index (χ1v) is 12.7. The van der Waals surface area contributed by atoms with Gasteiger partial charge in [-0.15, -0.1) is 6.58 Å². The Hall–Kier alpha value is -2.91. The molecule has 1 amide bonds. The molecule has 0 aliphatic carbocycles. The van der Waals surface area contributed by atoms with Crippen molar-refractivity contribution in [3.63, 3.8) is 0 Å². The molecule has 1 aromatic heterocycles. The van der Waals surface area contributed by atoms with Crippen LogP contribution >= 0.6 is 11.3 Å². The second-order valence-corrected chi connectivity index (χ2v) is 10.6. The second kappa shape index (κ2) is 9.30. The SMILES string of the molecule is C=CCn1c(=NC(=O)CCCS(=O)(=O)c2ccc(C)cc2)sc2cc3c(cc21)OCCO3. The number of amides is 1. The highest BCUT2D eigenvalue weighted by atomic mass is 32.2. The fraction of sp³-hybridized carbons (Fsp3) is 0.304. The average Bonchev–Trinajstić information content (AvgIpc) is 3.08. The van der Waals surface area contributed by atoms with Crippen molar-refractivity contribution >= 4 is 37.3 Å². The van der Waals surface area contributed by atoms with Crippen LogP contribution in [0.2, 0.25) is 0 Å². The van der Waals surface area contributed by atoms with Gasteiger partial charge in [0.15, 0.2) is 26.1 Å². The van der Waals surface area contributed by atoms with Gasteiger partial charge in [-0.25, -0.2) is 8.42 Å². The zero-order chi connectivity index (χ0) is 22.7. The number of thiazole rings is 1. The summed E-state index contributed by atoms with van der Waals surface area (Å²) in [6.45, 7) is 7.17. The molecule has 0 radical (unpaired) electrons. The zero-order valence-corrected chi connectivity index (χ0v) is 19.4. The van der Waals surface area contributed by atoms with E-state index in [2.05, 4.69) is 11.6 Å². The van der Waals surface area contributed by atoms with Crippen molar-refractivity contribution in [3.05, 3.63) is 59.4 Å². The number of nitrogens with zero attached hydrogens (tertiary/aromatic N) is 2. The topological polar surface area (TPSA) is 87.0 Å². The van der Waals surface area contributed by atoms with Gasteiger partial charge in [0.05, 0.1) is 20.9 Å². The summed E-state index contributed by atoms with van der Waals surface area (Å²) < 4.78 is 39.1. The Morgan fingerprint density at radius 1 is 1.19 bits per heavy atom. The summed E-state index contributed by atoms with van der Waals surface area (Å²) >= 11 is 1.38. The molecular weight excluding hydrogens is 448 g/mol. The molecule has 0 fully saturated rings. The molecule has 7 nitrogen and oxygen atoms in total. The van der Waals surface area contributed by atoms with Gasteiger partial charge in [0.25, 0.3) is 0 Å². The second-order valence-electron chi connectivity index (χ2n) is 7.49. The van der Waals surface area contributed by atoms with E-state index in [1.165, 1.54) is 11.3 Å². The first kappa shape index (κ1) is 22.3. The lowest BCUT2D eigenvalue weighted by atomic mass is 10.2. The van der Waals surface area contributed by atoms with Crippen LogP contribution in [0.3, 0.4) is 0 Å². The summed E-state index contributed by atoms with van der Waals surface area (Å²) in [5.74, 6) is 0.886. The normalized spacial score (nSPS) is 14.0. The molecule has 3 aromatic rings. The molecule has 1 aliphatic heterocycles. The van der Waals surface area contributed by atoms with Gasteiger partial charge >= 0.3 is 0 Å². The number of aromatic nitrogens is 1. The number of fused-ring (bicyclic) bond motifs is 2. The van der Waals surface area contributed by atoms with Crippen molar-refractivity contribution in [2.24, 2.45) is 4.99 Å². The number of hydrogen-bond acceptors (Lipinski definition) is 6. The largest absolute Gasteiger partial charge is 0.486 e. The molecular formula is C23H24N2O5S2. The molecule has 9 heteroatoms. The molecule has 4 rings (SSSR count). The zero-order valence-electron chi connectivity index (χ0n) is 17.7. The van der Waals surface area contributed by atoms with E-state index >= 15 is 0 Å². The Morgan fingerprint density at radius 3 is 2.56 bits per heavy atom.